The molecule has 0 spiro atoms. The van der Waals surface area contributed by atoms with Crippen molar-refractivity contribution in [1.82, 2.24) is 5.32 Å². The van der Waals surface area contributed by atoms with E-state index in [0.29, 0.717) is 5.92 Å². The fourth-order valence-corrected chi connectivity index (χ4v) is 8.82. The normalized spacial score (nSPS) is 35.4. The Morgan fingerprint density at radius 1 is 0.833 bits per heavy atom. The Morgan fingerprint density at radius 3 is 2.20 bits per heavy atom. The summed E-state index contributed by atoms with van der Waals surface area (Å²) in [6.07, 6.45) is 7.21. The third-order valence-corrected chi connectivity index (χ3v) is 9.65. The van der Waals surface area contributed by atoms with Crippen molar-refractivity contribution in [3.63, 3.8) is 0 Å². The van der Waals surface area contributed by atoms with E-state index in [4.69, 9.17) is 0 Å². The number of rotatable bonds is 2. The van der Waals surface area contributed by atoms with Crippen LogP contribution in [-0.2, 0) is 0 Å². The lowest BCUT2D eigenvalue weighted by molar-refractivity contribution is 0.0468. The minimum Gasteiger partial charge on any atom is -0.314 e. The Hall–Kier alpha value is -1.60. The number of hydrogen-bond acceptors (Lipinski definition) is 1. The second kappa shape index (κ2) is 6.95. The Kier molecular flexibility index (Phi) is 4.43. The Morgan fingerprint density at radius 2 is 1.50 bits per heavy atom. The summed E-state index contributed by atoms with van der Waals surface area (Å²) < 4.78 is 0. The average molecular weight is 400 g/mol. The predicted molar refractivity (Wildman–Crippen MR) is 126 cm³/mol. The van der Waals surface area contributed by atoms with Gasteiger partial charge in [-0.2, -0.15) is 0 Å². The van der Waals surface area contributed by atoms with Crippen LogP contribution in [0.4, 0.5) is 0 Å². The van der Waals surface area contributed by atoms with Gasteiger partial charge in [-0.25, -0.2) is 0 Å². The summed E-state index contributed by atoms with van der Waals surface area (Å²) in [5.41, 5.74) is 6.37. The fourth-order valence-electron chi connectivity index (χ4n) is 8.82. The van der Waals surface area contributed by atoms with Gasteiger partial charge < -0.3 is 5.32 Å². The zero-order valence-electron chi connectivity index (χ0n) is 18.9. The van der Waals surface area contributed by atoms with Crippen LogP contribution in [0.15, 0.2) is 48.5 Å². The van der Waals surface area contributed by atoms with E-state index in [1.54, 1.807) is 11.1 Å². The summed E-state index contributed by atoms with van der Waals surface area (Å²) in [4.78, 5) is 0. The first-order valence-corrected chi connectivity index (χ1v) is 12.5. The van der Waals surface area contributed by atoms with Crippen molar-refractivity contribution in [3.8, 4) is 11.1 Å². The fraction of sp³-hybridized carbons (Fsp3) is 0.586. The quantitative estimate of drug-likeness (QED) is 0.580. The molecular weight excluding hydrogens is 362 g/mol. The maximum Gasteiger partial charge on any atom is 0.0156 e. The van der Waals surface area contributed by atoms with Crippen molar-refractivity contribution in [2.45, 2.75) is 64.8 Å². The largest absolute Gasteiger partial charge is 0.314 e. The maximum absolute atomic E-state index is 3.92. The van der Waals surface area contributed by atoms with Crippen molar-refractivity contribution in [2.75, 3.05) is 6.54 Å². The molecule has 2 aromatic rings. The molecule has 2 saturated carbocycles. The number of fused-ring (bicyclic) bond motifs is 5. The molecule has 158 valence electrons. The zero-order valence-corrected chi connectivity index (χ0v) is 18.9. The third kappa shape index (κ3) is 2.70. The summed E-state index contributed by atoms with van der Waals surface area (Å²) in [6.45, 7) is 9.04. The van der Waals surface area contributed by atoms with Gasteiger partial charge in [0.15, 0.2) is 0 Å². The van der Waals surface area contributed by atoms with Gasteiger partial charge in [-0.05, 0) is 95.9 Å². The third-order valence-electron chi connectivity index (χ3n) is 9.65. The van der Waals surface area contributed by atoms with E-state index >= 15 is 0 Å². The van der Waals surface area contributed by atoms with Crippen LogP contribution in [0, 0.1) is 35.0 Å². The topological polar surface area (TPSA) is 12.0 Å². The van der Waals surface area contributed by atoms with E-state index in [9.17, 15) is 0 Å². The Labute approximate surface area is 182 Å². The van der Waals surface area contributed by atoms with Crippen LogP contribution in [-0.4, -0.2) is 12.6 Å². The van der Waals surface area contributed by atoms with Crippen LogP contribution < -0.4 is 5.32 Å². The average Bonchev–Trinajstić information content (AvgIpc) is 3.26. The molecular formula is C29H37N. The first kappa shape index (κ1) is 19.1. The van der Waals surface area contributed by atoms with Gasteiger partial charge in [-0.3, -0.25) is 0 Å². The molecule has 0 bridgehead atoms. The molecule has 6 unspecified atom stereocenters. The second-order valence-corrected chi connectivity index (χ2v) is 11.5. The van der Waals surface area contributed by atoms with E-state index in [2.05, 4.69) is 74.6 Å². The summed E-state index contributed by atoms with van der Waals surface area (Å²) in [5.74, 6) is 4.95. The first-order chi connectivity index (χ1) is 14.6. The van der Waals surface area contributed by atoms with Gasteiger partial charge in [-0.15, -0.1) is 0 Å². The smallest absolute Gasteiger partial charge is 0.0156 e. The molecule has 1 saturated heterocycles. The van der Waals surface area contributed by atoms with Crippen molar-refractivity contribution >= 4 is 0 Å². The highest BCUT2D eigenvalue weighted by Crippen LogP contribution is 2.63. The first-order valence-electron chi connectivity index (χ1n) is 12.5. The van der Waals surface area contributed by atoms with E-state index in [0.717, 1.165) is 35.6 Å². The van der Waals surface area contributed by atoms with Crippen LogP contribution in [0.5, 0.6) is 0 Å². The monoisotopic (exact) mass is 399 g/mol. The van der Waals surface area contributed by atoms with Crippen LogP contribution in [0.3, 0.4) is 0 Å². The van der Waals surface area contributed by atoms with Crippen LogP contribution >= 0.6 is 0 Å². The number of piperidine rings is 1. The van der Waals surface area contributed by atoms with Crippen LogP contribution in [0.2, 0.25) is 0 Å². The summed E-state index contributed by atoms with van der Waals surface area (Å²) >= 11 is 0. The minimum atomic E-state index is 0.267. The molecule has 1 heterocycles. The van der Waals surface area contributed by atoms with Gasteiger partial charge in [0.1, 0.15) is 0 Å². The van der Waals surface area contributed by atoms with Gasteiger partial charge in [0.25, 0.3) is 0 Å². The standard InChI is InChI=1S/C29H37N/c1-18-15-20-16-19-9-8-14-30-26(19)17-25(20)27(18)29(2,3)28-23-12-6-4-10-21(23)22-11-5-7-13-24(22)28/h4-7,10-13,18-20,25-28,30H,8-9,14-17H2,1-3H3. The van der Waals surface area contributed by atoms with Crippen molar-refractivity contribution in [2.24, 2.45) is 35.0 Å². The van der Waals surface area contributed by atoms with Gasteiger partial charge in [-0.1, -0.05) is 69.3 Å². The molecule has 2 aromatic carbocycles. The van der Waals surface area contributed by atoms with E-state index in [1.165, 1.54) is 49.8 Å². The molecule has 6 atom stereocenters. The summed E-state index contributed by atoms with van der Waals surface area (Å²) in [5, 5.41) is 3.92. The number of hydrogen-bond donors (Lipinski definition) is 1. The van der Waals surface area contributed by atoms with E-state index in [-0.39, 0.29) is 5.41 Å². The predicted octanol–water partition coefficient (Wildman–Crippen LogP) is 6.88. The zero-order chi connectivity index (χ0) is 20.5. The number of benzene rings is 2. The summed E-state index contributed by atoms with van der Waals surface area (Å²) in [7, 11) is 0. The van der Waals surface area contributed by atoms with Crippen LogP contribution in [0.25, 0.3) is 11.1 Å². The van der Waals surface area contributed by atoms with Crippen molar-refractivity contribution in [3.05, 3.63) is 59.7 Å². The molecule has 1 aliphatic heterocycles. The molecule has 6 rings (SSSR count). The van der Waals surface area contributed by atoms with Gasteiger partial charge in [0, 0.05) is 12.0 Å². The van der Waals surface area contributed by atoms with Gasteiger partial charge >= 0.3 is 0 Å². The minimum absolute atomic E-state index is 0.267. The van der Waals surface area contributed by atoms with Gasteiger partial charge in [0.2, 0.25) is 0 Å². The highest BCUT2D eigenvalue weighted by Gasteiger charge is 2.55. The Balaban J connectivity index is 1.40. The SMILES string of the molecule is CC1CC2CC3CCCNC3CC2C1C(C)(C)C1c2ccccc2-c2ccccc21. The van der Waals surface area contributed by atoms with E-state index < -0.39 is 0 Å². The lowest BCUT2D eigenvalue weighted by Crippen LogP contribution is -2.49. The lowest BCUT2D eigenvalue weighted by atomic mass is 9.57. The van der Waals surface area contributed by atoms with Gasteiger partial charge in [0.05, 0.1) is 0 Å². The summed E-state index contributed by atoms with van der Waals surface area (Å²) in [6, 6.07) is 19.3. The second-order valence-electron chi connectivity index (χ2n) is 11.5. The highest BCUT2D eigenvalue weighted by atomic mass is 14.9. The molecule has 3 aliphatic carbocycles. The molecule has 1 nitrogen and oxygen atoms in total. The molecule has 0 aromatic heterocycles. The Bertz CT molecular complexity index is 897. The van der Waals surface area contributed by atoms with Crippen molar-refractivity contribution < 1.29 is 0 Å². The van der Waals surface area contributed by atoms with Crippen molar-refractivity contribution in [1.29, 1.82) is 0 Å². The molecule has 4 aliphatic rings. The molecule has 30 heavy (non-hydrogen) atoms. The number of nitrogens with one attached hydrogen (secondary N) is 1. The lowest BCUT2D eigenvalue weighted by Gasteiger charge is -2.48. The maximum atomic E-state index is 3.92. The molecule has 1 heteroatoms. The molecule has 3 fully saturated rings. The van der Waals surface area contributed by atoms with Crippen LogP contribution in [0.1, 0.15) is 69.9 Å². The van der Waals surface area contributed by atoms with E-state index in [1.807, 2.05) is 0 Å². The molecule has 0 amide bonds. The molecule has 1 N–H and O–H groups in total. The highest BCUT2D eigenvalue weighted by molar-refractivity contribution is 5.79. The molecule has 0 radical (unpaired) electrons.